The third-order valence-corrected chi connectivity index (χ3v) is 4.73. The Morgan fingerprint density at radius 1 is 1.42 bits per heavy atom. The number of hydrogen-bond acceptors (Lipinski definition) is 5. The van der Waals surface area contributed by atoms with Crippen LogP contribution in [0.25, 0.3) is 0 Å². The van der Waals surface area contributed by atoms with Gasteiger partial charge in [-0.3, -0.25) is 0 Å². The summed E-state index contributed by atoms with van der Waals surface area (Å²) in [6.07, 6.45) is 4.07. The Bertz CT molecular complexity index is 574. The van der Waals surface area contributed by atoms with Crippen LogP contribution in [0.4, 0.5) is 4.79 Å². The van der Waals surface area contributed by atoms with E-state index in [0.29, 0.717) is 11.1 Å². The minimum atomic E-state index is -0.996. The first-order valence-electron chi connectivity index (χ1n) is 8.13. The molecule has 1 aromatic heterocycles. The molecule has 7 nitrogen and oxygen atoms in total. The van der Waals surface area contributed by atoms with Crippen LogP contribution in [0.1, 0.15) is 50.5 Å². The molecule has 0 spiro atoms. The number of aromatic nitrogens is 2. The summed E-state index contributed by atoms with van der Waals surface area (Å²) in [6, 6.07) is 0. The van der Waals surface area contributed by atoms with Crippen molar-refractivity contribution >= 4 is 23.8 Å². The monoisotopic (exact) mass is 355 g/mol. The van der Waals surface area contributed by atoms with E-state index in [4.69, 9.17) is 9.84 Å². The van der Waals surface area contributed by atoms with E-state index in [1.165, 1.54) is 18.0 Å². The number of likely N-dealkylation sites (tertiary alicyclic amines) is 1. The lowest BCUT2D eigenvalue weighted by Gasteiger charge is -2.33. The quantitative estimate of drug-likeness (QED) is 0.787. The topological polar surface area (TPSA) is 95.5 Å². The van der Waals surface area contributed by atoms with Gasteiger partial charge in [-0.25, -0.2) is 14.6 Å². The Labute approximate surface area is 146 Å². The Balaban J connectivity index is 1.67. The highest BCUT2D eigenvalue weighted by atomic mass is 32.2. The molecule has 0 aliphatic carbocycles. The van der Waals surface area contributed by atoms with E-state index in [0.717, 1.165) is 38.1 Å². The van der Waals surface area contributed by atoms with Gasteiger partial charge in [-0.2, -0.15) is 0 Å². The molecule has 0 saturated carbocycles. The number of piperidine rings is 1. The zero-order chi connectivity index (χ0) is 17.7. The van der Waals surface area contributed by atoms with Crippen molar-refractivity contribution in [3.8, 4) is 0 Å². The number of carbonyl (C=O) groups excluding carboxylic acids is 1. The molecular weight excluding hydrogens is 330 g/mol. The van der Waals surface area contributed by atoms with Crippen molar-refractivity contribution in [1.82, 2.24) is 14.9 Å². The van der Waals surface area contributed by atoms with Gasteiger partial charge >= 0.3 is 12.1 Å². The summed E-state index contributed by atoms with van der Waals surface area (Å²) in [4.78, 5) is 31.4. The molecule has 0 atom stereocenters. The van der Waals surface area contributed by atoms with Crippen molar-refractivity contribution in [3.63, 3.8) is 0 Å². The molecular formula is C16H25N3O4S. The van der Waals surface area contributed by atoms with Gasteiger partial charge in [0.05, 0.1) is 6.20 Å². The zero-order valence-electron chi connectivity index (χ0n) is 14.4. The SMILES string of the molecule is CC(C)(C)OC(=O)N1CCC(CCSc2ncc(C(=O)O)[nH]2)CC1. The summed E-state index contributed by atoms with van der Waals surface area (Å²) in [5, 5.41) is 9.48. The van der Waals surface area contributed by atoms with Crippen molar-refractivity contribution in [2.45, 2.75) is 50.8 Å². The van der Waals surface area contributed by atoms with E-state index in [2.05, 4.69) is 9.97 Å². The molecule has 1 amide bonds. The molecule has 24 heavy (non-hydrogen) atoms. The van der Waals surface area contributed by atoms with E-state index in [1.54, 1.807) is 4.90 Å². The zero-order valence-corrected chi connectivity index (χ0v) is 15.2. The average Bonchev–Trinajstić information content (AvgIpc) is 2.95. The molecule has 1 fully saturated rings. The molecule has 0 bridgehead atoms. The van der Waals surface area contributed by atoms with Gasteiger partial charge in [0.2, 0.25) is 0 Å². The Morgan fingerprint density at radius 2 is 2.08 bits per heavy atom. The van der Waals surface area contributed by atoms with Crippen molar-refractivity contribution in [1.29, 1.82) is 0 Å². The van der Waals surface area contributed by atoms with Crippen LogP contribution >= 0.6 is 11.8 Å². The van der Waals surface area contributed by atoms with Crippen LogP contribution in [0.15, 0.2) is 11.4 Å². The summed E-state index contributed by atoms with van der Waals surface area (Å²) in [6.45, 7) is 7.08. The van der Waals surface area contributed by atoms with E-state index in [-0.39, 0.29) is 11.8 Å². The van der Waals surface area contributed by atoms with Crippen LogP contribution in [0, 0.1) is 5.92 Å². The number of carbonyl (C=O) groups is 2. The number of carboxylic acids is 1. The van der Waals surface area contributed by atoms with Gasteiger partial charge in [-0.05, 0) is 46.0 Å². The number of thioether (sulfide) groups is 1. The second kappa shape index (κ2) is 7.92. The number of nitrogens with one attached hydrogen (secondary N) is 1. The van der Waals surface area contributed by atoms with Gasteiger partial charge < -0.3 is 19.7 Å². The first-order valence-corrected chi connectivity index (χ1v) is 9.12. The highest BCUT2D eigenvalue weighted by molar-refractivity contribution is 7.99. The Kier molecular flexibility index (Phi) is 6.15. The number of rotatable bonds is 5. The normalized spacial score (nSPS) is 16.2. The fraction of sp³-hybridized carbons (Fsp3) is 0.688. The number of nitrogens with zero attached hydrogens (tertiary/aromatic N) is 2. The largest absolute Gasteiger partial charge is 0.477 e. The predicted molar refractivity (Wildman–Crippen MR) is 91.4 cm³/mol. The number of aromatic amines is 1. The highest BCUT2D eigenvalue weighted by Crippen LogP contribution is 2.25. The van der Waals surface area contributed by atoms with Crippen molar-refractivity contribution < 1.29 is 19.4 Å². The van der Waals surface area contributed by atoms with Gasteiger partial charge in [0.15, 0.2) is 5.16 Å². The lowest BCUT2D eigenvalue weighted by Crippen LogP contribution is -2.41. The van der Waals surface area contributed by atoms with E-state index in [1.807, 2.05) is 20.8 Å². The summed E-state index contributed by atoms with van der Waals surface area (Å²) in [5.41, 5.74) is -0.342. The van der Waals surface area contributed by atoms with Crippen LogP contribution in [0.2, 0.25) is 0 Å². The van der Waals surface area contributed by atoms with Crippen LogP contribution in [-0.2, 0) is 4.74 Å². The number of imidazole rings is 1. The lowest BCUT2D eigenvalue weighted by atomic mass is 9.95. The third-order valence-electron chi connectivity index (χ3n) is 3.81. The first-order chi connectivity index (χ1) is 11.2. The maximum atomic E-state index is 12.0. The average molecular weight is 355 g/mol. The van der Waals surface area contributed by atoms with E-state index < -0.39 is 11.6 Å². The third kappa shape index (κ3) is 5.74. The number of amides is 1. The molecule has 0 aromatic carbocycles. The van der Waals surface area contributed by atoms with Gasteiger partial charge in [-0.1, -0.05) is 11.8 Å². The van der Waals surface area contributed by atoms with Crippen molar-refractivity contribution in [2.75, 3.05) is 18.8 Å². The Morgan fingerprint density at radius 3 is 2.62 bits per heavy atom. The van der Waals surface area contributed by atoms with Gasteiger partial charge in [0.25, 0.3) is 0 Å². The summed E-state index contributed by atoms with van der Waals surface area (Å²) >= 11 is 1.53. The molecule has 1 saturated heterocycles. The van der Waals surface area contributed by atoms with Crippen LogP contribution in [0.3, 0.4) is 0 Å². The van der Waals surface area contributed by atoms with Crippen LogP contribution < -0.4 is 0 Å². The number of hydrogen-bond donors (Lipinski definition) is 2. The smallest absolute Gasteiger partial charge is 0.410 e. The van der Waals surface area contributed by atoms with Gasteiger partial charge in [-0.15, -0.1) is 0 Å². The number of aromatic carboxylic acids is 1. The number of carboxylic acid groups (broad SMARTS) is 1. The van der Waals surface area contributed by atoms with Crippen molar-refractivity contribution in [2.24, 2.45) is 5.92 Å². The minimum Gasteiger partial charge on any atom is -0.477 e. The maximum Gasteiger partial charge on any atom is 0.410 e. The van der Waals surface area contributed by atoms with E-state index >= 15 is 0 Å². The summed E-state index contributed by atoms with van der Waals surface area (Å²) in [7, 11) is 0. The van der Waals surface area contributed by atoms with Crippen LogP contribution in [-0.4, -0.2) is 56.5 Å². The number of ether oxygens (including phenoxy) is 1. The standard InChI is InChI=1S/C16H25N3O4S/c1-16(2,3)23-15(22)19-7-4-11(5-8-19)6-9-24-14-17-10-12(18-14)13(20)21/h10-11H,4-9H2,1-3H3,(H,17,18)(H,20,21). The molecule has 2 heterocycles. The molecule has 1 aliphatic heterocycles. The molecule has 2 N–H and O–H groups in total. The van der Waals surface area contributed by atoms with Crippen LogP contribution in [0.5, 0.6) is 0 Å². The summed E-state index contributed by atoms with van der Waals surface area (Å²) in [5.74, 6) is 0.456. The second-order valence-electron chi connectivity index (χ2n) is 6.96. The van der Waals surface area contributed by atoms with Crippen molar-refractivity contribution in [3.05, 3.63) is 11.9 Å². The fourth-order valence-corrected chi connectivity index (χ4v) is 3.49. The molecule has 1 aliphatic rings. The molecule has 0 unspecified atom stereocenters. The number of H-pyrrole nitrogens is 1. The maximum absolute atomic E-state index is 12.0. The van der Waals surface area contributed by atoms with Gasteiger partial charge in [0, 0.05) is 18.8 Å². The highest BCUT2D eigenvalue weighted by Gasteiger charge is 2.26. The van der Waals surface area contributed by atoms with Gasteiger partial charge in [0.1, 0.15) is 11.3 Å². The van der Waals surface area contributed by atoms with E-state index in [9.17, 15) is 9.59 Å². The molecule has 2 rings (SSSR count). The minimum absolute atomic E-state index is 0.114. The molecule has 0 radical (unpaired) electrons. The Hall–Kier alpha value is -1.70. The second-order valence-corrected chi connectivity index (χ2v) is 8.04. The lowest BCUT2D eigenvalue weighted by molar-refractivity contribution is 0.0183. The summed E-state index contributed by atoms with van der Waals surface area (Å²) < 4.78 is 5.40. The molecule has 134 valence electrons. The molecule has 8 heteroatoms. The predicted octanol–water partition coefficient (Wildman–Crippen LogP) is 3.24. The fourth-order valence-electron chi connectivity index (χ4n) is 2.54. The first kappa shape index (κ1) is 18.6. The molecule has 1 aromatic rings.